The third-order valence-corrected chi connectivity index (χ3v) is 8.66. The molecule has 280 valence electrons. The Balaban J connectivity index is 2.48. The summed E-state index contributed by atoms with van der Waals surface area (Å²) in [5.41, 5.74) is 0. The maximum absolute atomic E-state index is 10.5. The Bertz CT molecular complexity index is 673. The van der Waals surface area contributed by atoms with Crippen molar-refractivity contribution in [3.05, 3.63) is 0 Å². The molecule has 10 atom stereocenters. The second-order valence-electron chi connectivity index (χ2n) is 12.7. The van der Waals surface area contributed by atoms with Gasteiger partial charge in [-0.1, -0.05) is 80.1 Å². The van der Waals surface area contributed by atoms with E-state index in [4.69, 9.17) is 42.6 Å². The van der Waals surface area contributed by atoms with Crippen molar-refractivity contribution in [3.63, 3.8) is 0 Å². The van der Waals surface area contributed by atoms with Crippen molar-refractivity contribution in [2.75, 3.05) is 52.9 Å². The molecule has 0 unspecified atom stereocenters. The van der Waals surface area contributed by atoms with Crippen molar-refractivity contribution in [1.82, 2.24) is 0 Å². The molecule has 2 N–H and O–H groups in total. The van der Waals surface area contributed by atoms with Crippen molar-refractivity contribution in [2.24, 2.45) is 0 Å². The number of ether oxygens (including phenoxy) is 9. The Morgan fingerprint density at radius 1 is 0.383 bits per heavy atom. The first-order valence-corrected chi connectivity index (χ1v) is 18.9. The van der Waals surface area contributed by atoms with Gasteiger partial charge in [-0.05, 0) is 38.5 Å². The van der Waals surface area contributed by atoms with Crippen LogP contribution in [0.4, 0.5) is 0 Å². The molecule has 0 radical (unpaired) electrons. The van der Waals surface area contributed by atoms with Crippen LogP contribution >= 0.6 is 0 Å². The molecule has 0 aromatic carbocycles. The van der Waals surface area contributed by atoms with E-state index in [9.17, 15) is 10.2 Å². The van der Waals surface area contributed by atoms with Crippen LogP contribution in [0.25, 0.3) is 0 Å². The van der Waals surface area contributed by atoms with Gasteiger partial charge in [0.2, 0.25) is 0 Å². The summed E-state index contributed by atoms with van der Waals surface area (Å²) < 4.78 is 58.3. The molecule has 0 spiro atoms. The standard InChI is InChI=1S/C36H70O11/c1-7-13-19-39-29-27(25-37)45-35(33(43-23-17-11-5)31(29)41-21-15-9-3)47-36-34(44-24-18-12-6)32(42-22-16-10-4)30(28(26-38)46-36)40-20-14-8-2/h27-38H,7-26H2,1-6H3/t27-,28-,29-,30-,31+,32+,33-,34-,35-,36-/m1/s1. The molecule has 0 aromatic rings. The van der Waals surface area contributed by atoms with Crippen LogP contribution in [0.1, 0.15) is 119 Å². The van der Waals surface area contributed by atoms with Crippen molar-refractivity contribution in [3.8, 4) is 0 Å². The van der Waals surface area contributed by atoms with E-state index >= 15 is 0 Å². The lowest BCUT2D eigenvalue weighted by Gasteiger charge is -2.49. The van der Waals surface area contributed by atoms with Gasteiger partial charge < -0.3 is 52.8 Å². The van der Waals surface area contributed by atoms with Gasteiger partial charge in [-0.25, -0.2) is 0 Å². The van der Waals surface area contributed by atoms with E-state index in [1.54, 1.807) is 0 Å². The highest BCUT2D eigenvalue weighted by Gasteiger charge is 2.53. The van der Waals surface area contributed by atoms with E-state index < -0.39 is 61.4 Å². The average Bonchev–Trinajstić information content (AvgIpc) is 3.08. The Hall–Kier alpha value is -0.440. The predicted molar refractivity (Wildman–Crippen MR) is 180 cm³/mol. The van der Waals surface area contributed by atoms with Crippen LogP contribution in [0.3, 0.4) is 0 Å². The maximum Gasteiger partial charge on any atom is 0.190 e. The molecule has 0 saturated carbocycles. The van der Waals surface area contributed by atoms with Gasteiger partial charge in [-0.2, -0.15) is 0 Å². The largest absolute Gasteiger partial charge is 0.394 e. The normalized spacial score (nSPS) is 31.4. The monoisotopic (exact) mass is 678 g/mol. The molecule has 2 saturated heterocycles. The molecule has 11 nitrogen and oxygen atoms in total. The zero-order valence-corrected chi connectivity index (χ0v) is 30.5. The average molecular weight is 679 g/mol. The summed E-state index contributed by atoms with van der Waals surface area (Å²) in [7, 11) is 0. The van der Waals surface area contributed by atoms with Gasteiger partial charge in [0.15, 0.2) is 12.6 Å². The lowest BCUT2D eigenvalue weighted by Crippen LogP contribution is -2.66. The fraction of sp³-hybridized carbons (Fsp3) is 1.00. The van der Waals surface area contributed by atoms with Crippen molar-refractivity contribution in [2.45, 2.75) is 180 Å². The Morgan fingerprint density at radius 3 is 0.894 bits per heavy atom. The van der Waals surface area contributed by atoms with Gasteiger partial charge in [-0.3, -0.25) is 0 Å². The first-order valence-electron chi connectivity index (χ1n) is 18.9. The fourth-order valence-electron chi connectivity index (χ4n) is 5.72. The Morgan fingerprint density at radius 2 is 0.638 bits per heavy atom. The number of aliphatic hydroxyl groups excluding tert-OH is 2. The van der Waals surface area contributed by atoms with Crippen LogP contribution in [-0.4, -0.2) is 124 Å². The van der Waals surface area contributed by atoms with Gasteiger partial charge >= 0.3 is 0 Å². The minimum absolute atomic E-state index is 0.275. The number of hydrogen-bond donors (Lipinski definition) is 2. The summed E-state index contributed by atoms with van der Waals surface area (Å²) >= 11 is 0. The van der Waals surface area contributed by atoms with Crippen LogP contribution in [0, 0.1) is 0 Å². The number of rotatable bonds is 28. The molecule has 2 aliphatic heterocycles. The molecule has 0 aromatic heterocycles. The highest BCUT2D eigenvalue weighted by molar-refractivity contribution is 4.96. The summed E-state index contributed by atoms with van der Waals surface area (Å²) in [4.78, 5) is 0. The van der Waals surface area contributed by atoms with E-state index in [2.05, 4.69) is 41.5 Å². The van der Waals surface area contributed by atoms with Gasteiger partial charge in [0, 0.05) is 39.6 Å². The van der Waals surface area contributed by atoms with Crippen LogP contribution in [0.5, 0.6) is 0 Å². The highest BCUT2D eigenvalue weighted by atomic mass is 16.8. The van der Waals surface area contributed by atoms with E-state index in [1.165, 1.54) is 0 Å². The van der Waals surface area contributed by atoms with Crippen molar-refractivity contribution < 1.29 is 52.8 Å². The third kappa shape index (κ3) is 14.4. The van der Waals surface area contributed by atoms with Crippen LogP contribution in [0.15, 0.2) is 0 Å². The minimum Gasteiger partial charge on any atom is -0.394 e. The van der Waals surface area contributed by atoms with Gasteiger partial charge in [0.1, 0.15) is 48.8 Å². The summed E-state index contributed by atoms with van der Waals surface area (Å²) in [6.45, 7) is 15.2. The summed E-state index contributed by atoms with van der Waals surface area (Å²) in [6.07, 6.45) is 4.30. The zero-order valence-electron chi connectivity index (χ0n) is 30.5. The van der Waals surface area contributed by atoms with E-state index in [0.717, 1.165) is 77.0 Å². The molecule has 0 aliphatic carbocycles. The van der Waals surface area contributed by atoms with E-state index in [-0.39, 0.29) is 13.2 Å². The lowest BCUT2D eigenvalue weighted by molar-refractivity contribution is -0.390. The van der Waals surface area contributed by atoms with E-state index in [1.807, 2.05) is 0 Å². The third-order valence-electron chi connectivity index (χ3n) is 8.66. The quantitative estimate of drug-likeness (QED) is 0.101. The number of hydrogen-bond acceptors (Lipinski definition) is 11. The molecule has 2 fully saturated rings. The van der Waals surface area contributed by atoms with Crippen LogP contribution in [-0.2, 0) is 42.6 Å². The molecular weight excluding hydrogens is 608 g/mol. The Kier molecular flexibility index (Phi) is 24.0. The first kappa shape index (κ1) is 42.7. The van der Waals surface area contributed by atoms with Crippen LogP contribution < -0.4 is 0 Å². The summed E-state index contributed by atoms with van der Waals surface area (Å²) in [5, 5.41) is 21.0. The predicted octanol–water partition coefficient (Wildman–Crippen LogP) is 5.55. The molecule has 47 heavy (non-hydrogen) atoms. The molecule has 2 heterocycles. The molecule has 0 amide bonds. The molecule has 11 heteroatoms. The van der Waals surface area contributed by atoms with Gasteiger partial charge in [0.05, 0.1) is 13.2 Å². The molecule has 2 rings (SSSR count). The van der Waals surface area contributed by atoms with E-state index in [0.29, 0.717) is 39.6 Å². The van der Waals surface area contributed by atoms with Gasteiger partial charge in [-0.15, -0.1) is 0 Å². The topological polar surface area (TPSA) is 124 Å². The summed E-state index contributed by atoms with van der Waals surface area (Å²) in [6, 6.07) is 0. The number of aliphatic hydroxyl groups is 2. The maximum atomic E-state index is 10.5. The minimum atomic E-state index is -0.961. The van der Waals surface area contributed by atoms with Crippen molar-refractivity contribution in [1.29, 1.82) is 0 Å². The van der Waals surface area contributed by atoms with Crippen molar-refractivity contribution >= 4 is 0 Å². The van der Waals surface area contributed by atoms with Crippen LogP contribution in [0.2, 0.25) is 0 Å². The smallest absolute Gasteiger partial charge is 0.190 e. The van der Waals surface area contributed by atoms with Gasteiger partial charge in [0.25, 0.3) is 0 Å². The second kappa shape index (κ2) is 26.4. The number of unbranched alkanes of at least 4 members (excludes halogenated alkanes) is 6. The summed E-state index contributed by atoms with van der Waals surface area (Å²) in [5.74, 6) is 0. The zero-order chi connectivity index (χ0) is 34.3. The molecular formula is C36H70O11. The highest BCUT2D eigenvalue weighted by Crippen LogP contribution is 2.35. The first-order chi connectivity index (χ1) is 23.0. The molecule has 0 bridgehead atoms. The fourth-order valence-corrected chi connectivity index (χ4v) is 5.72. The second-order valence-corrected chi connectivity index (χ2v) is 12.7. The Labute approximate surface area is 285 Å². The lowest BCUT2D eigenvalue weighted by atomic mass is 9.96. The molecule has 2 aliphatic rings. The SMILES string of the molecule is CCCCO[C@@H]1[C@@H](OCCCC)[C@@H](O[C@H]2O[C@H](CO)[C@@H](OCCCC)[C@H](OCCCC)[C@H]2OCCCC)O[C@H](CO)[C@H]1OCCCC.